The molecule has 18 heavy (non-hydrogen) atoms. The first-order valence-corrected chi connectivity index (χ1v) is 5.86. The summed E-state index contributed by atoms with van der Waals surface area (Å²) in [5.74, 6) is -0.295. The number of carbonyl (C=O) groups excluding carboxylic acids is 1. The van der Waals surface area contributed by atoms with Crippen molar-refractivity contribution in [2.45, 2.75) is 26.2 Å². The average molecular weight is 251 g/mol. The highest BCUT2D eigenvalue weighted by atomic mass is 16.5. The quantitative estimate of drug-likeness (QED) is 0.602. The molecule has 5 nitrogen and oxygen atoms in total. The SMILES string of the molecule is CCCCOC(=O)Cc1cccc(NC(=O)O)c1. The number of benzene rings is 1. The molecule has 1 aromatic rings. The van der Waals surface area contributed by atoms with Crippen LogP contribution in [0.3, 0.4) is 0 Å². The van der Waals surface area contributed by atoms with Crippen molar-refractivity contribution in [3.05, 3.63) is 29.8 Å². The van der Waals surface area contributed by atoms with Crippen molar-refractivity contribution in [2.75, 3.05) is 11.9 Å². The highest BCUT2D eigenvalue weighted by Gasteiger charge is 2.06. The van der Waals surface area contributed by atoms with E-state index >= 15 is 0 Å². The lowest BCUT2D eigenvalue weighted by molar-refractivity contribution is -0.142. The molecule has 0 saturated heterocycles. The summed E-state index contributed by atoms with van der Waals surface area (Å²) in [6.07, 6.45) is 0.855. The number of rotatable bonds is 6. The number of nitrogens with one attached hydrogen (secondary N) is 1. The number of unbranched alkanes of at least 4 members (excludes halogenated alkanes) is 1. The smallest absolute Gasteiger partial charge is 0.409 e. The minimum absolute atomic E-state index is 0.152. The summed E-state index contributed by atoms with van der Waals surface area (Å²) in [6.45, 7) is 2.46. The van der Waals surface area contributed by atoms with Crippen molar-refractivity contribution in [3.8, 4) is 0 Å². The van der Waals surface area contributed by atoms with Gasteiger partial charge in [-0.15, -0.1) is 0 Å². The van der Waals surface area contributed by atoms with Gasteiger partial charge in [0.1, 0.15) is 0 Å². The maximum Gasteiger partial charge on any atom is 0.409 e. The van der Waals surface area contributed by atoms with E-state index in [1.54, 1.807) is 24.3 Å². The van der Waals surface area contributed by atoms with E-state index in [1.165, 1.54) is 0 Å². The maximum atomic E-state index is 11.5. The Kier molecular flexibility index (Phi) is 5.70. The molecule has 0 saturated carbocycles. The molecule has 0 fully saturated rings. The fourth-order valence-electron chi connectivity index (χ4n) is 1.43. The molecule has 1 aromatic carbocycles. The molecule has 0 unspecified atom stereocenters. The zero-order chi connectivity index (χ0) is 13.4. The highest BCUT2D eigenvalue weighted by Crippen LogP contribution is 2.11. The first kappa shape index (κ1) is 14.0. The third-order valence-corrected chi connectivity index (χ3v) is 2.29. The number of amides is 1. The summed E-state index contributed by atoms with van der Waals surface area (Å²) >= 11 is 0. The Bertz CT molecular complexity index is 417. The third kappa shape index (κ3) is 5.34. The Morgan fingerprint density at radius 2 is 2.17 bits per heavy atom. The lowest BCUT2D eigenvalue weighted by Crippen LogP contribution is -2.10. The second-order valence-corrected chi connectivity index (χ2v) is 3.88. The van der Waals surface area contributed by atoms with Crippen LogP contribution in [-0.2, 0) is 16.0 Å². The van der Waals surface area contributed by atoms with Gasteiger partial charge in [-0.2, -0.15) is 0 Å². The van der Waals surface area contributed by atoms with Crippen LogP contribution in [0.2, 0.25) is 0 Å². The van der Waals surface area contributed by atoms with Gasteiger partial charge in [0.25, 0.3) is 0 Å². The van der Waals surface area contributed by atoms with Gasteiger partial charge in [-0.25, -0.2) is 4.79 Å². The first-order chi connectivity index (χ1) is 8.61. The molecule has 1 rings (SSSR count). The Balaban J connectivity index is 2.51. The van der Waals surface area contributed by atoms with Crippen molar-refractivity contribution < 1.29 is 19.4 Å². The summed E-state index contributed by atoms with van der Waals surface area (Å²) in [5.41, 5.74) is 1.17. The maximum absolute atomic E-state index is 11.5. The highest BCUT2D eigenvalue weighted by molar-refractivity contribution is 5.83. The molecule has 0 aromatic heterocycles. The van der Waals surface area contributed by atoms with Crippen molar-refractivity contribution in [1.82, 2.24) is 0 Å². The van der Waals surface area contributed by atoms with Crippen molar-refractivity contribution in [2.24, 2.45) is 0 Å². The van der Waals surface area contributed by atoms with Crippen LogP contribution in [0.15, 0.2) is 24.3 Å². The Labute approximate surface area is 106 Å². The minimum Gasteiger partial charge on any atom is -0.465 e. The van der Waals surface area contributed by atoms with E-state index in [9.17, 15) is 9.59 Å². The fourth-order valence-corrected chi connectivity index (χ4v) is 1.43. The van der Waals surface area contributed by atoms with Gasteiger partial charge in [-0.1, -0.05) is 25.5 Å². The zero-order valence-electron chi connectivity index (χ0n) is 10.3. The summed E-state index contributed by atoms with van der Waals surface area (Å²) in [6, 6.07) is 6.70. The number of carboxylic acid groups (broad SMARTS) is 1. The lowest BCUT2D eigenvalue weighted by Gasteiger charge is -2.06. The van der Waals surface area contributed by atoms with Crippen LogP contribution in [0, 0.1) is 0 Å². The van der Waals surface area contributed by atoms with E-state index in [4.69, 9.17) is 9.84 Å². The van der Waals surface area contributed by atoms with Gasteiger partial charge in [-0.05, 0) is 24.1 Å². The minimum atomic E-state index is -1.13. The Morgan fingerprint density at radius 1 is 1.39 bits per heavy atom. The molecule has 0 aliphatic heterocycles. The lowest BCUT2D eigenvalue weighted by atomic mass is 10.1. The fraction of sp³-hybridized carbons (Fsp3) is 0.385. The number of anilines is 1. The summed E-state index contributed by atoms with van der Waals surface area (Å²) in [7, 11) is 0. The largest absolute Gasteiger partial charge is 0.465 e. The van der Waals surface area contributed by atoms with Crippen LogP contribution in [0.4, 0.5) is 10.5 Å². The molecule has 0 atom stereocenters. The summed E-state index contributed by atoms with van der Waals surface area (Å²) in [5, 5.41) is 10.8. The van der Waals surface area contributed by atoms with Gasteiger partial charge in [0.2, 0.25) is 0 Å². The normalized spacial score (nSPS) is 9.83. The molecular weight excluding hydrogens is 234 g/mol. The van der Waals surface area contributed by atoms with Crippen LogP contribution in [0.5, 0.6) is 0 Å². The first-order valence-electron chi connectivity index (χ1n) is 5.86. The molecule has 0 bridgehead atoms. The van der Waals surface area contributed by atoms with Gasteiger partial charge >= 0.3 is 12.1 Å². The Morgan fingerprint density at radius 3 is 2.83 bits per heavy atom. The third-order valence-electron chi connectivity index (χ3n) is 2.29. The van der Waals surface area contributed by atoms with Crippen LogP contribution in [-0.4, -0.2) is 23.8 Å². The molecule has 98 valence electrons. The van der Waals surface area contributed by atoms with Crippen LogP contribution in [0.1, 0.15) is 25.3 Å². The second kappa shape index (κ2) is 7.32. The van der Waals surface area contributed by atoms with Gasteiger partial charge < -0.3 is 9.84 Å². The van der Waals surface area contributed by atoms with E-state index in [0.717, 1.165) is 18.4 Å². The van der Waals surface area contributed by atoms with Crippen molar-refractivity contribution >= 4 is 17.7 Å². The number of ether oxygens (including phenoxy) is 1. The monoisotopic (exact) mass is 251 g/mol. The standard InChI is InChI=1S/C13H17NO4/c1-2-3-7-18-12(15)9-10-5-4-6-11(8-10)14-13(16)17/h4-6,8,14H,2-3,7,9H2,1H3,(H,16,17). The predicted octanol–water partition coefficient (Wildman–Crippen LogP) is 2.66. The van der Waals surface area contributed by atoms with Crippen molar-refractivity contribution in [1.29, 1.82) is 0 Å². The van der Waals surface area contributed by atoms with Gasteiger partial charge in [0, 0.05) is 5.69 Å². The zero-order valence-corrected chi connectivity index (χ0v) is 10.3. The van der Waals surface area contributed by atoms with Crippen LogP contribution < -0.4 is 5.32 Å². The van der Waals surface area contributed by atoms with Crippen molar-refractivity contribution in [3.63, 3.8) is 0 Å². The predicted molar refractivity (Wildman–Crippen MR) is 67.7 cm³/mol. The molecule has 0 radical (unpaired) electrons. The molecule has 0 spiro atoms. The summed E-state index contributed by atoms with van der Waals surface area (Å²) < 4.78 is 5.03. The topological polar surface area (TPSA) is 75.6 Å². The average Bonchev–Trinajstić information content (AvgIpc) is 2.28. The van der Waals surface area contributed by atoms with E-state index in [-0.39, 0.29) is 12.4 Å². The summed E-state index contributed by atoms with van der Waals surface area (Å²) in [4.78, 5) is 21.9. The number of hydrogen-bond donors (Lipinski definition) is 2. The molecule has 0 aliphatic rings. The second-order valence-electron chi connectivity index (χ2n) is 3.88. The van der Waals surface area contributed by atoms with Crippen LogP contribution in [0.25, 0.3) is 0 Å². The van der Waals surface area contributed by atoms with Gasteiger partial charge in [0.15, 0.2) is 0 Å². The van der Waals surface area contributed by atoms with Crippen LogP contribution >= 0.6 is 0 Å². The molecule has 5 heteroatoms. The van der Waals surface area contributed by atoms with E-state index in [0.29, 0.717) is 12.3 Å². The molecule has 1 amide bonds. The number of esters is 1. The van der Waals surface area contributed by atoms with Gasteiger partial charge in [-0.3, -0.25) is 10.1 Å². The molecular formula is C13H17NO4. The number of hydrogen-bond acceptors (Lipinski definition) is 3. The van der Waals surface area contributed by atoms with E-state index in [2.05, 4.69) is 5.32 Å². The van der Waals surface area contributed by atoms with Gasteiger partial charge in [0.05, 0.1) is 13.0 Å². The molecule has 2 N–H and O–H groups in total. The van der Waals surface area contributed by atoms with E-state index in [1.807, 2.05) is 6.92 Å². The number of carbonyl (C=O) groups is 2. The van der Waals surface area contributed by atoms with E-state index < -0.39 is 6.09 Å². The molecule has 0 heterocycles. The Hall–Kier alpha value is -2.04. The molecule has 0 aliphatic carbocycles.